The fraction of sp³-hybridized carbons (Fsp3) is 0.333. The lowest BCUT2D eigenvalue weighted by Crippen LogP contribution is -2.09. The van der Waals surface area contributed by atoms with Crippen LogP contribution in [0.5, 0.6) is 5.88 Å². The van der Waals surface area contributed by atoms with Gasteiger partial charge in [0.1, 0.15) is 5.39 Å². The van der Waals surface area contributed by atoms with E-state index >= 15 is 0 Å². The van der Waals surface area contributed by atoms with E-state index < -0.39 is 5.97 Å². The molecule has 1 N–H and O–H groups in total. The molecule has 0 aromatic carbocycles. The molecule has 0 saturated heterocycles. The number of furan rings is 1. The number of hydrogen-bond donors (Lipinski definition) is 1. The van der Waals surface area contributed by atoms with Crippen molar-refractivity contribution in [3.8, 4) is 5.88 Å². The van der Waals surface area contributed by atoms with E-state index in [-0.39, 0.29) is 11.6 Å². The van der Waals surface area contributed by atoms with Gasteiger partial charge in [-0.25, -0.2) is 9.78 Å². The van der Waals surface area contributed by atoms with Crippen LogP contribution in [0.25, 0.3) is 11.0 Å². The Bertz CT molecular complexity index is 785. The van der Waals surface area contributed by atoms with Gasteiger partial charge in [0, 0.05) is 5.75 Å². The van der Waals surface area contributed by atoms with Crippen molar-refractivity contribution < 1.29 is 13.9 Å². The molecule has 0 radical (unpaired) electrons. The van der Waals surface area contributed by atoms with Crippen LogP contribution in [0.2, 0.25) is 0 Å². The van der Waals surface area contributed by atoms with Crippen molar-refractivity contribution in [2.75, 3.05) is 5.75 Å². The molecule has 0 spiro atoms. The van der Waals surface area contributed by atoms with Crippen LogP contribution in [0.1, 0.15) is 36.7 Å². The third-order valence-corrected chi connectivity index (χ3v) is 4.08. The second-order valence-corrected chi connectivity index (χ2v) is 5.93. The van der Waals surface area contributed by atoms with Crippen LogP contribution >= 0.6 is 11.8 Å². The summed E-state index contributed by atoms with van der Waals surface area (Å²) in [6.07, 6.45) is 6.37. The summed E-state index contributed by atoms with van der Waals surface area (Å²) in [6.45, 7) is 2.16. The van der Waals surface area contributed by atoms with Crippen molar-refractivity contribution in [2.24, 2.45) is 0 Å². The van der Waals surface area contributed by atoms with Gasteiger partial charge < -0.3 is 9.15 Å². The van der Waals surface area contributed by atoms with Crippen LogP contribution in [0.3, 0.4) is 0 Å². The minimum Gasteiger partial charge on any atom is -0.457 e. The summed E-state index contributed by atoms with van der Waals surface area (Å²) in [7, 11) is 0. The van der Waals surface area contributed by atoms with Crippen LogP contribution in [0.15, 0.2) is 34.2 Å². The average molecular weight is 332 g/mol. The predicted octanol–water partition coefficient (Wildman–Crippen LogP) is 3.45. The van der Waals surface area contributed by atoms with Crippen molar-refractivity contribution in [1.82, 2.24) is 20.2 Å². The van der Waals surface area contributed by atoms with Crippen LogP contribution in [-0.2, 0) is 0 Å². The third-order valence-electron chi connectivity index (χ3n) is 3.15. The first-order chi connectivity index (χ1) is 11.3. The normalized spacial score (nSPS) is 11.0. The summed E-state index contributed by atoms with van der Waals surface area (Å²) >= 11 is 1.53. The van der Waals surface area contributed by atoms with E-state index in [9.17, 15) is 4.79 Å². The zero-order chi connectivity index (χ0) is 16.1. The van der Waals surface area contributed by atoms with E-state index in [0.717, 1.165) is 18.6 Å². The second kappa shape index (κ2) is 7.28. The molecule has 3 aromatic rings. The van der Waals surface area contributed by atoms with Gasteiger partial charge in [0.05, 0.1) is 12.5 Å². The number of H-pyrrole nitrogens is 1. The molecule has 0 aliphatic heterocycles. The Hall–Kier alpha value is -2.35. The molecule has 3 aromatic heterocycles. The summed E-state index contributed by atoms with van der Waals surface area (Å²) in [4.78, 5) is 20.7. The molecule has 0 aliphatic rings. The Morgan fingerprint density at radius 2 is 2.30 bits per heavy atom. The van der Waals surface area contributed by atoms with E-state index in [1.807, 2.05) is 0 Å². The predicted molar refractivity (Wildman–Crippen MR) is 85.6 cm³/mol. The molecule has 0 atom stereocenters. The number of esters is 1. The van der Waals surface area contributed by atoms with Crippen molar-refractivity contribution in [1.29, 1.82) is 0 Å². The second-order valence-electron chi connectivity index (χ2n) is 4.87. The molecule has 0 fully saturated rings. The lowest BCUT2D eigenvalue weighted by Gasteiger charge is -2.05. The maximum atomic E-state index is 12.0. The molecule has 0 aliphatic carbocycles. The highest BCUT2D eigenvalue weighted by atomic mass is 32.2. The maximum absolute atomic E-state index is 12.0. The van der Waals surface area contributed by atoms with Crippen LogP contribution in [0.4, 0.5) is 0 Å². The number of aromatic amines is 1. The van der Waals surface area contributed by atoms with Gasteiger partial charge in [-0.1, -0.05) is 31.5 Å². The highest BCUT2D eigenvalue weighted by Crippen LogP contribution is 2.26. The molecular weight excluding hydrogens is 316 g/mol. The van der Waals surface area contributed by atoms with Crippen LogP contribution in [-0.4, -0.2) is 31.9 Å². The quantitative estimate of drug-likeness (QED) is 0.306. The van der Waals surface area contributed by atoms with E-state index in [1.54, 1.807) is 6.07 Å². The zero-order valence-electron chi connectivity index (χ0n) is 12.6. The molecule has 8 heteroatoms. The Morgan fingerprint density at radius 1 is 1.39 bits per heavy atom. The minimum atomic E-state index is -0.599. The van der Waals surface area contributed by atoms with Crippen molar-refractivity contribution in [2.45, 2.75) is 31.3 Å². The number of carbonyl (C=O) groups excluding carboxylic acids is 1. The van der Waals surface area contributed by atoms with Crippen molar-refractivity contribution in [3.05, 3.63) is 30.4 Å². The Kier molecular flexibility index (Phi) is 4.92. The summed E-state index contributed by atoms with van der Waals surface area (Å²) in [6, 6.07) is 3.16. The summed E-state index contributed by atoms with van der Waals surface area (Å²) in [5, 5.41) is 7.83. The maximum Gasteiger partial charge on any atom is 0.380 e. The SMILES string of the molecule is CCCCCSc1nc(OC(=O)c2ccco2)c2cn[nH]c2n1. The number of fused-ring (bicyclic) bond motifs is 1. The van der Waals surface area contributed by atoms with E-state index in [2.05, 4.69) is 27.1 Å². The third kappa shape index (κ3) is 3.70. The number of aromatic nitrogens is 4. The summed E-state index contributed by atoms with van der Waals surface area (Å²) in [5.41, 5.74) is 0.542. The zero-order valence-corrected chi connectivity index (χ0v) is 13.4. The Balaban J connectivity index is 1.80. The monoisotopic (exact) mass is 332 g/mol. The Morgan fingerprint density at radius 3 is 3.09 bits per heavy atom. The number of ether oxygens (including phenoxy) is 1. The molecule has 0 amide bonds. The van der Waals surface area contributed by atoms with E-state index in [1.165, 1.54) is 36.7 Å². The highest BCUT2D eigenvalue weighted by Gasteiger charge is 2.17. The number of rotatable bonds is 7. The van der Waals surface area contributed by atoms with Crippen molar-refractivity contribution in [3.63, 3.8) is 0 Å². The number of unbranched alkanes of at least 4 members (excludes halogenated alkanes) is 2. The molecule has 3 rings (SSSR count). The standard InChI is InChI=1S/C15H16N4O3S/c1-2-3-4-8-23-15-17-12-10(9-16-19-12)13(18-15)22-14(20)11-6-5-7-21-11/h5-7,9H,2-4,8H2,1H3,(H,16,17,18,19). The summed E-state index contributed by atoms with van der Waals surface area (Å²) < 4.78 is 10.4. The fourth-order valence-corrected chi connectivity index (χ4v) is 2.81. The van der Waals surface area contributed by atoms with Gasteiger partial charge in [0.2, 0.25) is 11.6 Å². The number of hydrogen-bond acceptors (Lipinski definition) is 7. The van der Waals surface area contributed by atoms with Gasteiger partial charge in [-0.05, 0) is 18.6 Å². The fourth-order valence-electron chi connectivity index (χ4n) is 1.98. The molecule has 23 heavy (non-hydrogen) atoms. The highest BCUT2D eigenvalue weighted by molar-refractivity contribution is 7.99. The Labute approximate surface area is 136 Å². The van der Waals surface area contributed by atoms with E-state index in [0.29, 0.717) is 16.2 Å². The van der Waals surface area contributed by atoms with Crippen LogP contribution in [0, 0.1) is 0 Å². The largest absolute Gasteiger partial charge is 0.457 e. The molecule has 120 valence electrons. The molecule has 7 nitrogen and oxygen atoms in total. The molecule has 0 bridgehead atoms. The molecule has 0 saturated carbocycles. The number of nitrogens with one attached hydrogen (secondary N) is 1. The van der Waals surface area contributed by atoms with Gasteiger partial charge in [-0.3, -0.25) is 5.10 Å². The van der Waals surface area contributed by atoms with Gasteiger partial charge in [0.25, 0.3) is 0 Å². The lowest BCUT2D eigenvalue weighted by atomic mass is 10.3. The first-order valence-corrected chi connectivity index (χ1v) is 8.36. The molecular formula is C15H16N4O3S. The lowest BCUT2D eigenvalue weighted by molar-refractivity contribution is 0.0695. The van der Waals surface area contributed by atoms with Gasteiger partial charge >= 0.3 is 5.97 Å². The van der Waals surface area contributed by atoms with Gasteiger partial charge in [-0.15, -0.1) is 0 Å². The topological polar surface area (TPSA) is 93.9 Å². The first-order valence-electron chi connectivity index (χ1n) is 7.37. The van der Waals surface area contributed by atoms with E-state index in [4.69, 9.17) is 9.15 Å². The minimum absolute atomic E-state index is 0.123. The van der Waals surface area contributed by atoms with Crippen molar-refractivity contribution >= 4 is 28.8 Å². The smallest absolute Gasteiger partial charge is 0.380 e. The summed E-state index contributed by atoms with van der Waals surface area (Å²) in [5.74, 6) is 0.623. The van der Waals surface area contributed by atoms with Gasteiger partial charge in [-0.2, -0.15) is 10.1 Å². The molecule has 0 unspecified atom stereocenters. The number of nitrogens with zero attached hydrogens (tertiary/aromatic N) is 3. The first kappa shape index (κ1) is 15.5. The van der Waals surface area contributed by atoms with Crippen LogP contribution < -0.4 is 4.74 Å². The number of carbonyl (C=O) groups is 1. The molecule has 3 heterocycles. The number of thioether (sulfide) groups is 1. The van der Waals surface area contributed by atoms with Gasteiger partial charge in [0.15, 0.2) is 10.8 Å². The average Bonchev–Trinajstić information content (AvgIpc) is 3.22.